The number of carbonyl (C=O) groups is 1. The summed E-state index contributed by atoms with van der Waals surface area (Å²) in [5.74, 6) is 1.38. The number of hydrogen-bond donors (Lipinski definition) is 2. The summed E-state index contributed by atoms with van der Waals surface area (Å²) in [6, 6.07) is 15.0. The highest BCUT2D eigenvalue weighted by molar-refractivity contribution is 5.93. The maximum absolute atomic E-state index is 12.3. The van der Waals surface area contributed by atoms with Crippen LogP contribution in [0.5, 0.6) is 11.5 Å². The molecule has 0 heterocycles. The van der Waals surface area contributed by atoms with Crippen molar-refractivity contribution in [1.82, 2.24) is 0 Å². The summed E-state index contributed by atoms with van der Waals surface area (Å²) in [6.45, 7) is 4.08. The first-order chi connectivity index (χ1) is 14.7. The van der Waals surface area contributed by atoms with Crippen LogP contribution in [-0.4, -0.2) is 39.4 Å². The Morgan fingerprint density at radius 3 is 2.23 bits per heavy atom. The van der Waals surface area contributed by atoms with Gasteiger partial charge in [-0.15, -0.1) is 0 Å². The van der Waals surface area contributed by atoms with E-state index in [1.165, 1.54) is 25.7 Å². The molecule has 0 aliphatic heterocycles. The minimum Gasteiger partial charge on any atom is -0.494 e. The van der Waals surface area contributed by atoms with Crippen LogP contribution in [0.15, 0.2) is 48.5 Å². The van der Waals surface area contributed by atoms with E-state index in [0.29, 0.717) is 24.7 Å². The molecule has 6 nitrogen and oxygen atoms in total. The van der Waals surface area contributed by atoms with Gasteiger partial charge in [-0.3, -0.25) is 4.79 Å². The molecule has 0 fully saturated rings. The first-order valence-electron chi connectivity index (χ1n) is 10.7. The van der Waals surface area contributed by atoms with Crippen LogP contribution in [-0.2, 0) is 9.53 Å². The van der Waals surface area contributed by atoms with Gasteiger partial charge in [0.2, 0.25) is 5.91 Å². The number of nitrogens with one attached hydrogen (secondary N) is 2. The van der Waals surface area contributed by atoms with Crippen molar-refractivity contribution in [3.05, 3.63) is 48.5 Å². The van der Waals surface area contributed by atoms with Crippen molar-refractivity contribution in [2.24, 2.45) is 0 Å². The van der Waals surface area contributed by atoms with E-state index < -0.39 is 0 Å². The van der Waals surface area contributed by atoms with Crippen LogP contribution >= 0.6 is 0 Å². The molecule has 0 aliphatic carbocycles. The minimum atomic E-state index is -0.133. The molecule has 0 unspecified atom stereocenters. The van der Waals surface area contributed by atoms with Gasteiger partial charge >= 0.3 is 0 Å². The average Bonchev–Trinajstić information content (AvgIpc) is 2.75. The fourth-order valence-corrected chi connectivity index (χ4v) is 2.89. The Morgan fingerprint density at radius 2 is 1.50 bits per heavy atom. The quantitative estimate of drug-likeness (QED) is 0.396. The van der Waals surface area contributed by atoms with Gasteiger partial charge in [0.25, 0.3) is 0 Å². The lowest BCUT2D eigenvalue weighted by atomic mass is 10.2. The monoisotopic (exact) mass is 414 g/mol. The Morgan fingerprint density at radius 1 is 0.833 bits per heavy atom. The second kappa shape index (κ2) is 14.3. The van der Waals surface area contributed by atoms with Crippen molar-refractivity contribution < 1.29 is 19.0 Å². The van der Waals surface area contributed by atoms with E-state index in [1.54, 1.807) is 13.2 Å². The number of hydrogen-bond acceptors (Lipinski definition) is 5. The molecule has 0 saturated carbocycles. The van der Waals surface area contributed by atoms with E-state index in [9.17, 15) is 4.79 Å². The first-order valence-corrected chi connectivity index (χ1v) is 10.7. The third-order valence-electron chi connectivity index (χ3n) is 4.48. The van der Waals surface area contributed by atoms with Crippen LogP contribution in [0.25, 0.3) is 0 Å². The van der Waals surface area contributed by atoms with Crippen LogP contribution in [0.2, 0.25) is 0 Å². The topological polar surface area (TPSA) is 68.8 Å². The van der Waals surface area contributed by atoms with E-state index in [2.05, 4.69) is 17.6 Å². The van der Waals surface area contributed by atoms with E-state index in [0.717, 1.165) is 24.5 Å². The molecule has 164 valence electrons. The summed E-state index contributed by atoms with van der Waals surface area (Å²) in [5, 5.41) is 6.01. The number of anilines is 2. The molecule has 0 bridgehead atoms. The Bertz CT molecular complexity index is 751. The Hall–Kier alpha value is -2.73. The zero-order valence-corrected chi connectivity index (χ0v) is 18.1. The maximum Gasteiger partial charge on any atom is 0.243 e. The van der Waals surface area contributed by atoms with E-state index in [-0.39, 0.29) is 12.5 Å². The molecule has 0 atom stereocenters. The zero-order valence-electron chi connectivity index (χ0n) is 18.1. The number of amides is 1. The summed E-state index contributed by atoms with van der Waals surface area (Å²) < 4.78 is 16.4. The number of methoxy groups -OCH3 is 1. The second-order valence-electron chi connectivity index (χ2n) is 7.06. The Labute approximate surface area is 179 Å². The van der Waals surface area contributed by atoms with Gasteiger partial charge in [0.15, 0.2) is 0 Å². The van der Waals surface area contributed by atoms with Gasteiger partial charge < -0.3 is 24.8 Å². The Balaban J connectivity index is 1.73. The summed E-state index contributed by atoms with van der Waals surface area (Å²) in [7, 11) is 1.63. The second-order valence-corrected chi connectivity index (χ2v) is 7.06. The van der Waals surface area contributed by atoms with Crippen molar-refractivity contribution in [3.8, 4) is 11.5 Å². The summed E-state index contributed by atoms with van der Waals surface area (Å²) in [4.78, 5) is 12.3. The van der Waals surface area contributed by atoms with E-state index in [4.69, 9.17) is 14.2 Å². The standard InChI is InChI=1S/C24H34N2O4/c1-3-4-5-6-7-14-29-22-12-8-10-20(17-22)25-19-24(27)26-21-11-9-13-23(18-21)30-16-15-28-2/h8-13,17-18,25H,3-7,14-16,19H2,1-2H3,(H,26,27). The van der Waals surface area contributed by atoms with Gasteiger partial charge in [0, 0.05) is 30.6 Å². The highest BCUT2D eigenvalue weighted by Crippen LogP contribution is 2.19. The fraction of sp³-hybridized carbons (Fsp3) is 0.458. The summed E-state index contributed by atoms with van der Waals surface area (Å²) >= 11 is 0. The molecule has 0 saturated heterocycles. The van der Waals surface area contributed by atoms with Crippen molar-refractivity contribution in [2.75, 3.05) is 44.1 Å². The Kier molecular flexibility index (Phi) is 11.2. The molecule has 2 rings (SSSR count). The van der Waals surface area contributed by atoms with Gasteiger partial charge in [-0.05, 0) is 30.7 Å². The van der Waals surface area contributed by atoms with Gasteiger partial charge in [0.05, 0.1) is 19.8 Å². The van der Waals surface area contributed by atoms with E-state index >= 15 is 0 Å². The molecule has 0 aliphatic rings. The first kappa shape index (κ1) is 23.5. The lowest BCUT2D eigenvalue weighted by Crippen LogP contribution is -2.21. The smallest absolute Gasteiger partial charge is 0.243 e. The summed E-state index contributed by atoms with van der Waals surface area (Å²) in [6.07, 6.45) is 6.06. The van der Waals surface area contributed by atoms with Gasteiger partial charge in [0.1, 0.15) is 18.1 Å². The van der Waals surface area contributed by atoms with E-state index in [1.807, 2.05) is 42.5 Å². The van der Waals surface area contributed by atoms with Gasteiger partial charge in [-0.25, -0.2) is 0 Å². The fourth-order valence-electron chi connectivity index (χ4n) is 2.89. The summed E-state index contributed by atoms with van der Waals surface area (Å²) in [5.41, 5.74) is 1.54. The third-order valence-corrected chi connectivity index (χ3v) is 4.48. The molecular weight excluding hydrogens is 380 g/mol. The number of unbranched alkanes of at least 4 members (excludes halogenated alkanes) is 4. The minimum absolute atomic E-state index is 0.133. The highest BCUT2D eigenvalue weighted by Gasteiger charge is 2.05. The van der Waals surface area contributed by atoms with Gasteiger partial charge in [-0.1, -0.05) is 44.7 Å². The zero-order chi connectivity index (χ0) is 21.4. The molecule has 30 heavy (non-hydrogen) atoms. The SMILES string of the molecule is CCCCCCCOc1cccc(NCC(=O)Nc2cccc(OCCOC)c2)c1. The molecule has 2 aromatic carbocycles. The van der Waals surface area contributed by atoms with Crippen molar-refractivity contribution >= 4 is 17.3 Å². The highest BCUT2D eigenvalue weighted by atomic mass is 16.5. The lowest BCUT2D eigenvalue weighted by molar-refractivity contribution is -0.114. The van der Waals surface area contributed by atoms with Crippen LogP contribution in [0.3, 0.4) is 0 Å². The molecule has 0 spiro atoms. The number of rotatable bonds is 15. The normalized spacial score (nSPS) is 10.5. The van der Waals surface area contributed by atoms with Crippen LogP contribution in [0.4, 0.5) is 11.4 Å². The van der Waals surface area contributed by atoms with Crippen molar-refractivity contribution in [3.63, 3.8) is 0 Å². The predicted octanol–water partition coefficient (Wildman–Crippen LogP) is 5.11. The van der Waals surface area contributed by atoms with Gasteiger partial charge in [-0.2, -0.15) is 0 Å². The average molecular weight is 415 g/mol. The molecular formula is C24H34N2O4. The molecule has 1 amide bonds. The van der Waals surface area contributed by atoms with Crippen LogP contribution in [0.1, 0.15) is 39.0 Å². The number of benzene rings is 2. The van der Waals surface area contributed by atoms with Crippen LogP contribution in [0, 0.1) is 0 Å². The lowest BCUT2D eigenvalue weighted by Gasteiger charge is -2.11. The maximum atomic E-state index is 12.3. The molecule has 0 aromatic heterocycles. The van der Waals surface area contributed by atoms with Crippen LogP contribution < -0.4 is 20.1 Å². The third kappa shape index (κ3) is 9.65. The molecule has 0 radical (unpaired) electrons. The molecule has 2 aromatic rings. The van der Waals surface area contributed by atoms with Crippen molar-refractivity contribution in [2.45, 2.75) is 39.0 Å². The van der Waals surface area contributed by atoms with Crippen molar-refractivity contribution in [1.29, 1.82) is 0 Å². The predicted molar refractivity (Wildman–Crippen MR) is 122 cm³/mol. The number of carbonyl (C=O) groups excluding carboxylic acids is 1. The largest absolute Gasteiger partial charge is 0.494 e. The number of ether oxygens (including phenoxy) is 3. The molecule has 2 N–H and O–H groups in total. The molecule has 6 heteroatoms.